The van der Waals surface area contributed by atoms with E-state index >= 15 is 0 Å². The normalized spacial score (nSPS) is 11.3. The maximum atomic E-state index is 12.3. The Morgan fingerprint density at radius 2 is 2.21 bits per heavy atom. The average Bonchev–Trinajstić information content (AvgIpc) is 3.43. The Labute approximate surface area is 170 Å². The third-order valence-electron chi connectivity index (χ3n) is 4.39. The number of non-ortho nitro benzene ring substituents is 1. The van der Waals surface area contributed by atoms with E-state index in [9.17, 15) is 14.9 Å². The Hall–Kier alpha value is -3.57. The van der Waals surface area contributed by atoms with Gasteiger partial charge in [0.1, 0.15) is 0 Å². The molecule has 29 heavy (non-hydrogen) atoms. The topological polar surface area (TPSA) is 118 Å². The summed E-state index contributed by atoms with van der Waals surface area (Å²) in [5, 5.41) is 18.8. The van der Waals surface area contributed by atoms with Gasteiger partial charge in [-0.2, -0.15) is 0 Å². The Balaban J connectivity index is 1.35. The van der Waals surface area contributed by atoms with Gasteiger partial charge in [0, 0.05) is 57.9 Å². The number of nitrogens with zero attached hydrogens (tertiary/aromatic N) is 4. The minimum atomic E-state index is -0.428. The molecule has 4 heterocycles. The van der Waals surface area contributed by atoms with Crippen LogP contribution in [0.25, 0.3) is 27.1 Å². The minimum absolute atomic E-state index is 0.0158. The summed E-state index contributed by atoms with van der Waals surface area (Å²) in [6.45, 7) is 0. The number of rotatable bonds is 5. The Morgan fingerprint density at radius 3 is 3.03 bits per heavy atom. The number of nitrogens with one attached hydrogen (secondary N) is 2. The van der Waals surface area contributed by atoms with Gasteiger partial charge in [0.05, 0.1) is 22.7 Å². The monoisotopic (exact) mass is 424 g/mol. The molecule has 0 aliphatic heterocycles. The molecule has 5 aromatic rings. The number of H-pyrrole nitrogens is 1. The third-order valence-corrected chi connectivity index (χ3v) is 5.92. The quantitative estimate of drug-likeness (QED) is 0.325. The standard InChI is InChI=1S/C18H12N6O3S2/c25-16(5-10-8-23-3-4-28-18(23)20-10)22-17-21-15(9-29-17)13-7-19-14-2-1-11(24(26)27)6-12(13)14/h1-4,6-9,19H,5H2,(H,21,22,25). The van der Waals surface area contributed by atoms with E-state index in [-0.39, 0.29) is 18.0 Å². The van der Waals surface area contributed by atoms with Crippen molar-refractivity contribution in [1.82, 2.24) is 19.4 Å². The molecule has 9 nitrogen and oxygen atoms in total. The molecule has 0 unspecified atom stereocenters. The predicted octanol–water partition coefficient (Wildman–Crippen LogP) is 4.09. The van der Waals surface area contributed by atoms with E-state index in [1.807, 2.05) is 27.6 Å². The molecule has 0 bridgehead atoms. The molecule has 4 aromatic heterocycles. The van der Waals surface area contributed by atoms with Crippen LogP contribution in [-0.2, 0) is 11.2 Å². The molecule has 0 atom stereocenters. The number of carbonyl (C=O) groups excluding carboxylic acids is 1. The average molecular weight is 424 g/mol. The number of aromatic amines is 1. The molecular weight excluding hydrogens is 412 g/mol. The highest BCUT2D eigenvalue weighted by Crippen LogP contribution is 2.33. The van der Waals surface area contributed by atoms with Crippen molar-refractivity contribution in [2.45, 2.75) is 6.42 Å². The molecule has 0 fully saturated rings. The Kier molecular flexibility index (Phi) is 4.11. The number of carbonyl (C=O) groups is 1. The van der Waals surface area contributed by atoms with Gasteiger partial charge in [-0.15, -0.1) is 22.7 Å². The number of fused-ring (bicyclic) bond motifs is 2. The molecule has 0 aliphatic rings. The summed E-state index contributed by atoms with van der Waals surface area (Å²) in [7, 11) is 0. The fourth-order valence-electron chi connectivity index (χ4n) is 3.08. The van der Waals surface area contributed by atoms with E-state index in [1.165, 1.54) is 34.8 Å². The van der Waals surface area contributed by atoms with Gasteiger partial charge in [-0.1, -0.05) is 0 Å². The number of nitro groups is 1. The highest BCUT2D eigenvalue weighted by molar-refractivity contribution is 7.15. The first kappa shape index (κ1) is 17.5. The van der Waals surface area contributed by atoms with Crippen LogP contribution in [0, 0.1) is 10.1 Å². The van der Waals surface area contributed by atoms with Crippen molar-refractivity contribution in [2.24, 2.45) is 0 Å². The first-order chi connectivity index (χ1) is 14.1. The molecule has 1 amide bonds. The van der Waals surface area contributed by atoms with Gasteiger partial charge in [0.25, 0.3) is 5.69 Å². The number of nitro benzene ring substituents is 1. The Bertz CT molecular complexity index is 1350. The van der Waals surface area contributed by atoms with Crippen LogP contribution >= 0.6 is 22.7 Å². The van der Waals surface area contributed by atoms with Gasteiger partial charge in [-0.25, -0.2) is 9.97 Å². The van der Waals surface area contributed by atoms with Crippen LogP contribution in [0.2, 0.25) is 0 Å². The van der Waals surface area contributed by atoms with Gasteiger partial charge in [0.2, 0.25) is 5.91 Å². The fourth-order valence-corrected chi connectivity index (χ4v) is 4.52. The van der Waals surface area contributed by atoms with Crippen LogP contribution in [-0.4, -0.2) is 30.2 Å². The van der Waals surface area contributed by atoms with Crippen molar-refractivity contribution in [3.05, 3.63) is 63.4 Å². The lowest BCUT2D eigenvalue weighted by Gasteiger charge is -1.99. The molecule has 1 aromatic carbocycles. The molecule has 0 aliphatic carbocycles. The highest BCUT2D eigenvalue weighted by atomic mass is 32.1. The van der Waals surface area contributed by atoms with Crippen molar-refractivity contribution < 1.29 is 9.72 Å². The number of aromatic nitrogens is 4. The SMILES string of the molecule is O=C(Cc1cn2ccsc2n1)Nc1nc(-c2c[nH]c3ccc([N+](=O)[O-])cc23)cs1. The highest BCUT2D eigenvalue weighted by Gasteiger charge is 2.15. The largest absolute Gasteiger partial charge is 0.360 e. The maximum absolute atomic E-state index is 12.3. The van der Waals surface area contributed by atoms with E-state index in [1.54, 1.807) is 12.3 Å². The summed E-state index contributed by atoms with van der Waals surface area (Å²) >= 11 is 2.81. The Morgan fingerprint density at radius 1 is 1.31 bits per heavy atom. The van der Waals surface area contributed by atoms with Crippen molar-refractivity contribution in [1.29, 1.82) is 0 Å². The zero-order chi connectivity index (χ0) is 20.0. The first-order valence-electron chi connectivity index (χ1n) is 8.49. The maximum Gasteiger partial charge on any atom is 0.270 e. The van der Waals surface area contributed by atoms with Crippen LogP contribution in [0.4, 0.5) is 10.8 Å². The number of anilines is 1. The van der Waals surface area contributed by atoms with Crippen LogP contribution < -0.4 is 5.32 Å². The summed E-state index contributed by atoms with van der Waals surface area (Å²) in [5.74, 6) is -0.203. The minimum Gasteiger partial charge on any atom is -0.360 e. The van der Waals surface area contributed by atoms with Crippen LogP contribution in [0.3, 0.4) is 0 Å². The summed E-state index contributed by atoms with van der Waals surface area (Å²) in [6.07, 6.45) is 5.64. The lowest BCUT2D eigenvalue weighted by Crippen LogP contribution is -2.14. The molecule has 0 spiro atoms. The molecule has 0 saturated carbocycles. The third kappa shape index (κ3) is 3.26. The van der Waals surface area contributed by atoms with Gasteiger partial charge in [-0.05, 0) is 6.07 Å². The van der Waals surface area contributed by atoms with Crippen LogP contribution in [0.1, 0.15) is 5.69 Å². The lowest BCUT2D eigenvalue weighted by atomic mass is 10.1. The van der Waals surface area contributed by atoms with Crippen molar-refractivity contribution in [2.75, 3.05) is 5.32 Å². The molecule has 2 N–H and O–H groups in total. The molecule has 0 radical (unpaired) electrons. The summed E-state index contributed by atoms with van der Waals surface area (Å²) in [5.41, 5.74) is 2.87. The molecule has 0 saturated heterocycles. The number of benzene rings is 1. The van der Waals surface area contributed by atoms with Gasteiger partial charge in [0.15, 0.2) is 10.1 Å². The van der Waals surface area contributed by atoms with E-state index < -0.39 is 4.92 Å². The summed E-state index contributed by atoms with van der Waals surface area (Å²) < 4.78 is 1.88. The molecular formula is C18H12N6O3S2. The second kappa shape index (κ2) is 6.79. The van der Waals surface area contributed by atoms with E-state index in [2.05, 4.69) is 20.3 Å². The number of hydrogen-bond donors (Lipinski definition) is 2. The first-order valence-corrected chi connectivity index (χ1v) is 10.2. The summed E-state index contributed by atoms with van der Waals surface area (Å²) in [4.78, 5) is 35.8. The second-order valence-corrected chi connectivity index (χ2v) is 8.01. The number of thiazole rings is 2. The van der Waals surface area contributed by atoms with Crippen molar-refractivity contribution in [3.63, 3.8) is 0 Å². The second-order valence-electron chi connectivity index (χ2n) is 6.28. The van der Waals surface area contributed by atoms with E-state index in [0.717, 1.165) is 16.0 Å². The zero-order valence-corrected chi connectivity index (χ0v) is 16.3. The van der Waals surface area contributed by atoms with E-state index in [4.69, 9.17) is 0 Å². The number of imidazole rings is 1. The molecule has 144 valence electrons. The predicted molar refractivity (Wildman–Crippen MR) is 111 cm³/mol. The van der Waals surface area contributed by atoms with Crippen molar-refractivity contribution >= 4 is 55.3 Å². The van der Waals surface area contributed by atoms with Crippen molar-refractivity contribution in [3.8, 4) is 11.3 Å². The van der Waals surface area contributed by atoms with E-state index in [0.29, 0.717) is 21.9 Å². The van der Waals surface area contributed by atoms with Gasteiger partial charge >= 0.3 is 0 Å². The van der Waals surface area contributed by atoms with Crippen LogP contribution in [0.15, 0.2) is 47.5 Å². The molecule has 5 rings (SSSR count). The smallest absolute Gasteiger partial charge is 0.270 e. The number of hydrogen-bond acceptors (Lipinski definition) is 7. The molecule has 11 heteroatoms. The zero-order valence-electron chi connectivity index (χ0n) is 14.7. The van der Waals surface area contributed by atoms with Crippen LogP contribution in [0.5, 0.6) is 0 Å². The van der Waals surface area contributed by atoms with Gasteiger partial charge in [-0.3, -0.25) is 19.3 Å². The number of amides is 1. The van der Waals surface area contributed by atoms with Gasteiger partial charge < -0.3 is 10.3 Å². The fraction of sp³-hybridized carbons (Fsp3) is 0.0556. The summed E-state index contributed by atoms with van der Waals surface area (Å²) in [6, 6.07) is 4.64. The lowest BCUT2D eigenvalue weighted by molar-refractivity contribution is -0.384.